The molecule has 1 aromatic carbocycles. The average molecular weight is 521 g/mol. The summed E-state index contributed by atoms with van der Waals surface area (Å²) in [5.41, 5.74) is 6.31. The van der Waals surface area contributed by atoms with Crippen LogP contribution in [-0.2, 0) is 30.5 Å². The molecule has 1 aromatic rings. The number of anilines is 1. The lowest BCUT2D eigenvalue weighted by molar-refractivity contribution is -0.141. The van der Waals surface area contributed by atoms with Gasteiger partial charge in [-0.1, -0.05) is 32.9 Å². The predicted molar refractivity (Wildman–Crippen MR) is 138 cm³/mol. The second-order valence-electron chi connectivity index (χ2n) is 9.39. The summed E-state index contributed by atoms with van der Waals surface area (Å²) in [5, 5.41) is 17.2. The Morgan fingerprint density at radius 3 is 2.19 bits per heavy atom. The number of benzene rings is 1. The van der Waals surface area contributed by atoms with Gasteiger partial charge in [0, 0.05) is 36.9 Å². The Labute approximate surface area is 217 Å². The molecule has 0 spiro atoms. The first-order chi connectivity index (χ1) is 17.5. The van der Waals surface area contributed by atoms with Crippen molar-refractivity contribution < 1.29 is 33.8 Å². The average Bonchev–Trinajstić information content (AvgIpc) is 2.86. The second-order valence-corrected chi connectivity index (χ2v) is 9.39. The van der Waals surface area contributed by atoms with Crippen LogP contribution in [0.25, 0.3) is 0 Å². The van der Waals surface area contributed by atoms with Crippen LogP contribution in [0.4, 0.5) is 10.5 Å². The normalized spacial score (nSPS) is 13.2. The number of rotatable bonds is 16. The Kier molecular flexibility index (Phi) is 13.9. The Balaban J connectivity index is 2.91. The van der Waals surface area contributed by atoms with Crippen LogP contribution >= 0.6 is 0 Å². The number of amides is 4. The van der Waals surface area contributed by atoms with E-state index in [1.54, 1.807) is 45.0 Å². The molecule has 0 saturated carbocycles. The Morgan fingerprint density at radius 1 is 1.00 bits per heavy atom. The van der Waals surface area contributed by atoms with Crippen molar-refractivity contribution in [2.45, 2.75) is 65.5 Å². The number of carbonyl (C=O) groups is 5. The molecule has 1 unspecified atom stereocenters. The number of aliphatic hydroxyl groups is 1. The predicted octanol–water partition coefficient (Wildman–Crippen LogP) is 1.87. The molecule has 4 amide bonds. The molecule has 0 bridgehead atoms. The molecule has 37 heavy (non-hydrogen) atoms. The van der Waals surface area contributed by atoms with Gasteiger partial charge in [0.2, 0.25) is 11.8 Å². The van der Waals surface area contributed by atoms with E-state index in [1.807, 2.05) is 0 Å². The summed E-state index contributed by atoms with van der Waals surface area (Å²) in [6.07, 6.45) is 0.982. The lowest BCUT2D eigenvalue weighted by Gasteiger charge is -2.25. The summed E-state index contributed by atoms with van der Waals surface area (Å²) in [6, 6.07) is 5.19. The van der Waals surface area contributed by atoms with E-state index < -0.39 is 29.9 Å². The Bertz CT molecular complexity index is 918. The van der Waals surface area contributed by atoms with Gasteiger partial charge < -0.3 is 31.5 Å². The van der Waals surface area contributed by atoms with Gasteiger partial charge in [0.25, 0.3) is 0 Å². The molecule has 1 rings (SSSR count). The molecule has 11 nitrogen and oxygen atoms in total. The maximum atomic E-state index is 13.3. The maximum Gasteiger partial charge on any atom is 0.312 e. The molecule has 0 aromatic heterocycles. The number of ketones is 1. The topological polar surface area (TPSA) is 177 Å². The highest BCUT2D eigenvalue weighted by Gasteiger charge is 2.30. The second kappa shape index (κ2) is 16.3. The molecule has 0 saturated heterocycles. The van der Waals surface area contributed by atoms with Gasteiger partial charge in [-0.2, -0.15) is 0 Å². The molecular formula is C26H40N4O7. The quantitative estimate of drug-likeness (QED) is 0.163. The van der Waals surface area contributed by atoms with E-state index in [2.05, 4.69) is 20.7 Å². The van der Waals surface area contributed by atoms with Crippen LogP contribution in [0.5, 0.6) is 0 Å². The zero-order chi connectivity index (χ0) is 28.0. The van der Waals surface area contributed by atoms with Crippen LogP contribution < -0.4 is 21.7 Å². The van der Waals surface area contributed by atoms with Crippen LogP contribution in [0, 0.1) is 17.8 Å². The van der Waals surface area contributed by atoms with Crippen LogP contribution in [0.3, 0.4) is 0 Å². The summed E-state index contributed by atoms with van der Waals surface area (Å²) < 4.78 is 4.61. The van der Waals surface area contributed by atoms with Crippen LogP contribution in [0.2, 0.25) is 0 Å². The number of nitrogens with two attached hydrogens (primary N) is 1. The molecule has 0 fully saturated rings. The van der Waals surface area contributed by atoms with Gasteiger partial charge in [-0.15, -0.1) is 0 Å². The first-order valence-electron chi connectivity index (χ1n) is 12.4. The SMILES string of the molecule is COC(=O)CCC(C)C(=O)N[C@H](C(=O)C[C@@H](CCCNC(N)=O)C(=O)Nc1ccc(CO)cc1)C(C)C. The number of ether oxygens (including phenoxy) is 1. The summed E-state index contributed by atoms with van der Waals surface area (Å²) in [5.74, 6) is -2.88. The van der Waals surface area contributed by atoms with Crippen LogP contribution in [-0.4, -0.2) is 54.4 Å². The molecule has 6 N–H and O–H groups in total. The van der Waals surface area contributed by atoms with Gasteiger partial charge in [-0.25, -0.2) is 4.79 Å². The first kappa shape index (κ1) is 31.6. The van der Waals surface area contributed by atoms with Crippen LogP contribution in [0.15, 0.2) is 24.3 Å². The Morgan fingerprint density at radius 2 is 1.65 bits per heavy atom. The number of carbonyl (C=O) groups excluding carboxylic acids is 5. The zero-order valence-electron chi connectivity index (χ0n) is 22.0. The zero-order valence-corrected chi connectivity index (χ0v) is 22.0. The summed E-state index contributed by atoms with van der Waals surface area (Å²) >= 11 is 0. The van der Waals surface area contributed by atoms with Crippen molar-refractivity contribution in [2.75, 3.05) is 19.0 Å². The fourth-order valence-corrected chi connectivity index (χ4v) is 3.68. The van der Waals surface area contributed by atoms with Gasteiger partial charge in [0.1, 0.15) is 0 Å². The van der Waals surface area contributed by atoms with Crippen molar-refractivity contribution in [3.63, 3.8) is 0 Å². The molecule has 0 heterocycles. The first-order valence-corrected chi connectivity index (χ1v) is 12.4. The highest BCUT2D eigenvalue weighted by atomic mass is 16.5. The number of methoxy groups -OCH3 is 1. The molecule has 11 heteroatoms. The molecule has 206 valence electrons. The lowest BCUT2D eigenvalue weighted by Crippen LogP contribution is -2.47. The summed E-state index contributed by atoms with van der Waals surface area (Å²) in [7, 11) is 1.28. The Hall–Kier alpha value is -3.47. The minimum atomic E-state index is -0.809. The number of esters is 1. The fraction of sp³-hybridized carbons (Fsp3) is 0.577. The van der Waals surface area contributed by atoms with Crippen molar-refractivity contribution in [3.8, 4) is 0 Å². The third kappa shape index (κ3) is 11.9. The van der Waals surface area contributed by atoms with E-state index in [-0.39, 0.29) is 55.9 Å². The van der Waals surface area contributed by atoms with Gasteiger partial charge in [0.05, 0.1) is 19.8 Å². The molecule has 0 radical (unpaired) electrons. The monoisotopic (exact) mass is 520 g/mol. The lowest BCUT2D eigenvalue weighted by atomic mass is 9.89. The number of urea groups is 1. The molecule has 0 aliphatic heterocycles. The highest BCUT2D eigenvalue weighted by molar-refractivity contribution is 5.97. The number of primary amides is 1. The molecule has 3 atom stereocenters. The van der Waals surface area contributed by atoms with Crippen molar-refractivity contribution in [2.24, 2.45) is 23.5 Å². The van der Waals surface area contributed by atoms with E-state index in [0.29, 0.717) is 24.1 Å². The van der Waals surface area contributed by atoms with Crippen molar-refractivity contribution in [3.05, 3.63) is 29.8 Å². The van der Waals surface area contributed by atoms with E-state index in [0.717, 1.165) is 0 Å². The minimum Gasteiger partial charge on any atom is -0.469 e. The van der Waals surface area contributed by atoms with Crippen molar-refractivity contribution in [1.82, 2.24) is 10.6 Å². The number of nitrogens with one attached hydrogen (secondary N) is 3. The van der Waals surface area contributed by atoms with Crippen LogP contribution in [0.1, 0.15) is 58.4 Å². The molecule has 0 aliphatic rings. The van der Waals surface area contributed by atoms with Gasteiger partial charge in [-0.3, -0.25) is 19.2 Å². The summed E-state index contributed by atoms with van der Waals surface area (Å²) in [4.78, 5) is 61.4. The largest absolute Gasteiger partial charge is 0.469 e. The molecule has 0 aliphatic carbocycles. The number of hydrogen-bond donors (Lipinski definition) is 5. The van der Waals surface area contributed by atoms with Gasteiger partial charge in [-0.05, 0) is 42.9 Å². The standard InChI is InChI=1S/C26H40N4O7/c1-16(2)23(30-24(34)17(3)7-12-22(33)37-4)21(32)14-19(6-5-13-28-26(27)36)25(35)29-20-10-8-18(15-31)9-11-20/h8-11,16-17,19,23,31H,5-7,12-15H2,1-4H3,(H,29,35)(H,30,34)(H3,27,28,36)/t17?,19-,23+/m1/s1. The number of aliphatic hydroxyl groups excluding tert-OH is 1. The van der Waals surface area contributed by atoms with Crippen molar-refractivity contribution >= 4 is 35.3 Å². The minimum absolute atomic E-state index is 0.0895. The fourth-order valence-electron chi connectivity index (χ4n) is 3.68. The highest BCUT2D eigenvalue weighted by Crippen LogP contribution is 2.20. The summed E-state index contributed by atoms with van der Waals surface area (Å²) in [6.45, 7) is 5.40. The van der Waals surface area contributed by atoms with E-state index in [9.17, 15) is 29.1 Å². The van der Waals surface area contributed by atoms with E-state index in [1.165, 1.54) is 7.11 Å². The van der Waals surface area contributed by atoms with E-state index >= 15 is 0 Å². The smallest absolute Gasteiger partial charge is 0.312 e. The third-order valence-electron chi connectivity index (χ3n) is 6.02. The van der Waals surface area contributed by atoms with E-state index in [4.69, 9.17) is 5.73 Å². The van der Waals surface area contributed by atoms with Gasteiger partial charge in [0.15, 0.2) is 5.78 Å². The third-order valence-corrected chi connectivity index (χ3v) is 6.02. The maximum absolute atomic E-state index is 13.3. The number of hydrogen-bond acceptors (Lipinski definition) is 7. The number of Topliss-reactive ketones (excluding diaryl/α,β-unsaturated/α-hetero) is 1. The molecular weight excluding hydrogens is 480 g/mol. The van der Waals surface area contributed by atoms with Gasteiger partial charge >= 0.3 is 12.0 Å². The van der Waals surface area contributed by atoms with Crippen molar-refractivity contribution in [1.29, 1.82) is 0 Å².